The molecule has 0 atom stereocenters. The summed E-state index contributed by atoms with van der Waals surface area (Å²) in [5.74, 6) is -2.15. The standard InChI is InChI=1S/C11H13F2NO/c1-2-6-14-10(15)7-8-4-3-5-9(12)11(8)13/h3-5H,2,6-7H2,1H3,(H,14,15). The summed E-state index contributed by atoms with van der Waals surface area (Å²) in [6.45, 7) is 2.47. The van der Waals surface area contributed by atoms with Crippen molar-refractivity contribution in [1.29, 1.82) is 0 Å². The van der Waals surface area contributed by atoms with Crippen molar-refractivity contribution in [3.63, 3.8) is 0 Å². The molecule has 0 aliphatic carbocycles. The number of carbonyl (C=O) groups is 1. The van der Waals surface area contributed by atoms with E-state index in [1.165, 1.54) is 12.1 Å². The van der Waals surface area contributed by atoms with Crippen LogP contribution in [0.3, 0.4) is 0 Å². The average Bonchev–Trinajstić information content (AvgIpc) is 2.22. The van der Waals surface area contributed by atoms with Crippen LogP contribution in [0.4, 0.5) is 8.78 Å². The van der Waals surface area contributed by atoms with Crippen LogP contribution in [0.25, 0.3) is 0 Å². The summed E-state index contributed by atoms with van der Waals surface area (Å²) in [5, 5.41) is 2.60. The molecule has 82 valence electrons. The Morgan fingerprint density at radius 2 is 2.13 bits per heavy atom. The van der Waals surface area contributed by atoms with E-state index in [9.17, 15) is 13.6 Å². The molecule has 0 bridgehead atoms. The zero-order valence-corrected chi connectivity index (χ0v) is 8.52. The number of nitrogens with one attached hydrogen (secondary N) is 1. The maximum absolute atomic E-state index is 13.1. The van der Waals surface area contributed by atoms with Gasteiger partial charge in [-0.15, -0.1) is 0 Å². The van der Waals surface area contributed by atoms with Crippen molar-refractivity contribution in [2.45, 2.75) is 19.8 Å². The second kappa shape index (κ2) is 5.44. The first-order valence-corrected chi connectivity index (χ1v) is 4.84. The molecule has 2 nitrogen and oxygen atoms in total. The Morgan fingerprint density at radius 3 is 2.80 bits per heavy atom. The first-order chi connectivity index (χ1) is 7.15. The van der Waals surface area contributed by atoms with Crippen LogP contribution >= 0.6 is 0 Å². The molecule has 0 unspecified atom stereocenters. The first-order valence-electron chi connectivity index (χ1n) is 4.84. The number of carbonyl (C=O) groups excluding carboxylic acids is 1. The van der Waals surface area contributed by atoms with E-state index in [-0.39, 0.29) is 17.9 Å². The molecule has 15 heavy (non-hydrogen) atoms. The maximum Gasteiger partial charge on any atom is 0.224 e. The number of benzene rings is 1. The Hall–Kier alpha value is -1.45. The van der Waals surface area contributed by atoms with Gasteiger partial charge in [0.25, 0.3) is 0 Å². The SMILES string of the molecule is CCCNC(=O)Cc1cccc(F)c1F. The van der Waals surface area contributed by atoms with Gasteiger partial charge in [0.15, 0.2) is 11.6 Å². The number of hydrogen-bond acceptors (Lipinski definition) is 1. The summed E-state index contributed by atoms with van der Waals surface area (Å²) in [6, 6.07) is 3.83. The van der Waals surface area contributed by atoms with Gasteiger partial charge in [-0.05, 0) is 12.5 Å². The van der Waals surface area contributed by atoms with E-state index >= 15 is 0 Å². The van der Waals surface area contributed by atoms with Gasteiger partial charge in [-0.2, -0.15) is 0 Å². The van der Waals surface area contributed by atoms with E-state index in [0.717, 1.165) is 12.5 Å². The number of hydrogen-bond donors (Lipinski definition) is 1. The van der Waals surface area contributed by atoms with Crippen LogP contribution in [-0.4, -0.2) is 12.5 Å². The van der Waals surface area contributed by atoms with E-state index in [4.69, 9.17) is 0 Å². The lowest BCUT2D eigenvalue weighted by molar-refractivity contribution is -0.120. The summed E-state index contributed by atoms with van der Waals surface area (Å²) in [6.07, 6.45) is 0.695. The number of amides is 1. The van der Waals surface area contributed by atoms with Crippen LogP contribution < -0.4 is 5.32 Å². The normalized spacial score (nSPS) is 10.1. The lowest BCUT2D eigenvalue weighted by atomic mass is 10.1. The maximum atomic E-state index is 13.1. The molecular formula is C11H13F2NO. The highest BCUT2D eigenvalue weighted by Crippen LogP contribution is 2.11. The van der Waals surface area contributed by atoms with Crippen molar-refractivity contribution in [3.8, 4) is 0 Å². The van der Waals surface area contributed by atoms with Crippen molar-refractivity contribution in [2.75, 3.05) is 6.54 Å². The summed E-state index contributed by atoms with van der Waals surface area (Å²) in [7, 11) is 0. The van der Waals surface area contributed by atoms with Gasteiger partial charge in [0, 0.05) is 12.1 Å². The Balaban J connectivity index is 2.64. The Labute approximate surface area is 87.3 Å². The van der Waals surface area contributed by atoms with Gasteiger partial charge in [0.2, 0.25) is 5.91 Å². The van der Waals surface area contributed by atoms with Crippen molar-refractivity contribution in [2.24, 2.45) is 0 Å². The first kappa shape index (κ1) is 11.6. The monoisotopic (exact) mass is 213 g/mol. The van der Waals surface area contributed by atoms with Gasteiger partial charge in [-0.25, -0.2) is 8.78 Å². The molecule has 0 heterocycles. The highest BCUT2D eigenvalue weighted by atomic mass is 19.2. The fourth-order valence-corrected chi connectivity index (χ4v) is 1.18. The minimum absolute atomic E-state index is 0.0867. The van der Waals surface area contributed by atoms with Crippen molar-refractivity contribution >= 4 is 5.91 Å². The average molecular weight is 213 g/mol. The molecule has 0 spiro atoms. The molecule has 0 fully saturated rings. The molecular weight excluding hydrogens is 200 g/mol. The number of halogens is 2. The fraction of sp³-hybridized carbons (Fsp3) is 0.364. The Morgan fingerprint density at radius 1 is 1.40 bits per heavy atom. The largest absolute Gasteiger partial charge is 0.356 e. The molecule has 0 saturated carbocycles. The predicted molar refractivity (Wildman–Crippen MR) is 53.4 cm³/mol. The summed E-state index contributed by atoms with van der Waals surface area (Å²) < 4.78 is 25.9. The molecule has 1 aromatic rings. The lowest BCUT2D eigenvalue weighted by Crippen LogP contribution is -2.26. The quantitative estimate of drug-likeness (QED) is 0.814. The van der Waals surface area contributed by atoms with Gasteiger partial charge >= 0.3 is 0 Å². The molecule has 1 rings (SSSR count). The van der Waals surface area contributed by atoms with E-state index in [2.05, 4.69) is 5.32 Å². The van der Waals surface area contributed by atoms with Crippen LogP contribution in [0.5, 0.6) is 0 Å². The van der Waals surface area contributed by atoms with Crippen LogP contribution in [0.15, 0.2) is 18.2 Å². The van der Waals surface area contributed by atoms with Gasteiger partial charge in [-0.1, -0.05) is 19.1 Å². The molecule has 1 N–H and O–H groups in total. The van der Waals surface area contributed by atoms with Crippen LogP contribution in [0.1, 0.15) is 18.9 Å². The van der Waals surface area contributed by atoms with Crippen LogP contribution in [0, 0.1) is 11.6 Å². The summed E-state index contributed by atoms with van der Waals surface area (Å²) >= 11 is 0. The van der Waals surface area contributed by atoms with E-state index in [1.807, 2.05) is 6.92 Å². The lowest BCUT2D eigenvalue weighted by Gasteiger charge is -2.04. The third-order valence-corrected chi connectivity index (χ3v) is 1.95. The molecule has 1 aromatic carbocycles. The van der Waals surface area contributed by atoms with Crippen LogP contribution in [-0.2, 0) is 11.2 Å². The third kappa shape index (κ3) is 3.31. The second-order valence-electron chi connectivity index (χ2n) is 3.24. The van der Waals surface area contributed by atoms with E-state index in [0.29, 0.717) is 6.54 Å². The minimum Gasteiger partial charge on any atom is -0.356 e. The van der Waals surface area contributed by atoms with Crippen LogP contribution in [0.2, 0.25) is 0 Å². The Bertz CT molecular complexity index is 352. The van der Waals surface area contributed by atoms with Gasteiger partial charge in [0.1, 0.15) is 0 Å². The predicted octanol–water partition coefficient (Wildman–Crippen LogP) is 2.03. The zero-order valence-electron chi connectivity index (χ0n) is 8.52. The summed E-state index contributed by atoms with van der Waals surface area (Å²) in [4.78, 5) is 11.2. The topological polar surface area (TPSA) is 29.1 Å². The zero-order chi connectivity index (χ0) is 11.3. The summed E-state index contributed by atoms with van der Waals surface area (Å²) in [5.41, 5.74) is 0.0867. The molecule has 0 aliphatic rings. The molecule has 0 radical (unpaired) electrons. The van der Waals surface area contributed by atoms with Gasteiger partial charge < -0.3 is 5.32 Å². The molecule has 4 heteroatoms. The second-order valence-corrected chi connectivity index (χ2v) is 3.24. The Kier molecular flexibility index (Phi) is 4.21. The van der Waals surface area contributed by atoms with E-state index < -0.39 is 11.6 Å². The van der Waals surface area contributed by atoms with Gasteiger partial charge in [0.05, 0.1) is 6.42 Å². The third-order valence-electron chi connectivity index (χ3n) is 1.95. The van der Waals surface area contributed by atoms with E-state index in [1.54, 1.807) is 0 Å². The minimum atomic E-state index is -0.941. The van der Waals surface area contributed by atoms with Crippen molar-refractivity contribution in [1.82, 2.24) is 5.32 Å². The van der Waals surface area contributed by atoms with Crippen molar-refractivity contribution in [3.05, 3.63) is 35.4 Å². The smallest absolute Gasteiger partial charge is 0.224 e. The molecule has 0 saturated heterocycles. The highest BCUT2D eigenvalue weighted by Gasteiger charge is 2.10. The highest BCUT2D eigenvalue weighted by molar-refractivity contribution is 5.78. The molecule has 0 aliphatic heterocycles. The van der Waals surface area contributed by atoms with Gasteiger partial charge in [-0.3, -0.25) is 4.79 Å². The molecule has 0 aromatic heterocycles. The molecule has 1 amide bonds. The van der Waals surface area contributed by atoms with Crippen molar-refractivity contribution < 1.29 is 13.6 Å². The fourth-order valence-electron chi connectivity index (χ4n) is 1.18. The number of rotatable bonds is 4.